The summed E-state index contributed by atoms with van der Waals surface area (Å²) in [6.45, 7) is 6.03. The minimum Gasteiger partial charge on any atom is -0.455 e. The zero-order chi connectivity index (χ0) is 11.0. The second kappa shape index (κ2) is 3.72. The quantitative estimate of drug-likeness (QED) is 0.289. The first-order chi connectivity index (χ1) is 6.22. The van der Waals surface area contributed by atoms with Crippen LogP contribution in [-0.4, -0.2) is 42.2 Å². The largest absolute Gasteiger partial charge is 0.455 e. The molecule has 1 rings (SSSR count). The SMILES string of the molecule is CC(C)(C)OC(=O)C1COS[N+]1(C)C. The van der Waals surface area contributed by atoms with Crippen LogP contribution in [0.2, 0.25) is 0 Å². The molecule has 1 unspecified atom stereocenters. The number of esters is 1. The van der Waals surface area contributed by atoms with Crippen molar-refractivity contribution in [2.45, 2.75) is 32.4 Å². The van der Waals surface area contributed by atoms with Crippen molar-refractivity contribution < 1.29 is 17.6 Å². The first-order valence-corrected chi connectivity index (χ1v) is 5.30. The maximum atomic E-state index is 11.7. The molecule has 0 spiro atoms. The fraction of sp³-hybridized carbons (Fsp3) is 0.889. The van der Waals surface area contributed by atoms with Gasteiger partial charge in [0.05, 0.1) is 14.1 Å². The number of ether oxygens (including phenoxy) is 1. The van der Waals surface area contributed by atoms with Gasteiger partial charge in [-0.05, 0) is 20.8 Å². The van der Waals surface area contributed by atoms with Crippen molar-refractivity contribution in [1.82, 2.24) is 0 Å². The molecule has 82 valence electrons. The highest BCUT2D eigenvalue weighted by Gasteiger charge is 2.45. The molecule has 1 atom stereocenters. The molecular formula is C9H18NO3S+. The van der Waals surface area contributed by atoms with E-state index in [1.54, 1.807) is 0 Å². The lowest BCUT2D eigenvalue weighted by molar-refractivity contribution is -0.763. The summed E-state index contributed by atoms with van der Waals surface area (Å²) in [5.74, 6) is -0.187. The van der Waals surface area contributed by atoms with Gasteiger partial charge < -0.3 is 4.74 Å². The zero-order valence-corrected chi connectivity index (χ0v) is 10.2. The number of likely N-dealkylation sites (N-methyl/N-ethyl adjacent to an activating group) is 1. The molecule has 1 heterocycles. The Balaban J connectivity index is 2.62. The summed E-state index contributed by atoms with van der Waals surface area (Å²) in [6.07, 6.45) is 0. The van der Waals surface area contributed by atoms with Crippen molar-refractivity contribution in [3.8, 4) is 0 Å². The molecule has 14 heavy (non-hydrogen) atoms. The summed E-state index contributed by atoms with van der Waals surface area (Å²) in [5, 5.41) is 0. The molecule has 0 radical (unpaired) electrons. The molecule has 4 nitrogen and oxygen atoms in total. The van der Waals surface area contributed by atoms with Crippen molar-refractivity contribution in [2.75, 3.05) is 20.7 Å². The van der Waals surface area contributed by atoms with Gasteiger partial charge in [0.15, 0.2) is 0 Å². The Morgan fingerprint density at radius 2 is 2.07 bits per heavy atom. The fourth-order valence-corrected chi connectivity index (χ4v) is 1.87. The van der Waals surface area contributed by atoms with E-state index in [-0.39, 0.29) is 12.0 Å². The van der Waals surface area contributed by atoms with Crippen LogP contribution in [0.3, 0.4) is 0 Å². The van der Waals surface area contributed by atoms with Crippen LogP contribution in [-0.2, 0) is 13.7 Å². The van der Waals surface area contributed by atoms with Gasteiger partial charge in [0.2, 0.25) is 18.3 Å². The molecular weight excluding hydrogens is 202 g/mol. The number of carbonyl (C=O) groups is 1. The summed E-state index contributed by atoms with van der Waals surface area (Å²) in [5.41, 5.74) is -0.426. The van der Waals surface area contributed by atoms with Crippen molar-refractivity contribution in [2.24, 2.45) is 0 Å². The molecule has 1 aliphatic heterocycles. The number of hydrogen-bond acceptors (Lipinski definition) is 4. The highest BCUT2D eigenvalue weighted by molar-refractivity contribution is 7.89. The third-order valence-corrected chi connectivity index (χ3v) is 2.78. The van der Waals surface area contributed by atoms with Gasteiger partial charge in [0, 0.05) is 0 Å². The summed E-state index contributed by atoms with van der Waals surface area (Å²) >= 11 is 1.30. The monoisotopic (exact) mass is 220 g/mol. The Morgan fingerprint density at radius 3 is 2.43 bits per heavy atom. The highest BCUT2D eigenvalue weighted by atomic mass is 32.2. The van der Waals surface area contributed by atoms with E-state index in [1.807, 2.05) is 34.9 Å². The first-order valence-electron chi connectivity index (χ1n) is 4.60. The van der Waals surface area contributed by atoms with Crippen molar-refractivity contribution in [3.63, 3.8) is 0 Å². The Kier molecular flexibility index (Phi) is 3.13. The van der Waals surface area contributed by atoms with E-state index in [0.29, 0.717) is 10.5 Å². The average molecular weight is 220 g/mol. The van der Waals surface area contributed by atoms with E-state index < -0.39 is 5.60 Å². The summed E-state index contributed by atoms with van der Waals surface area (Å²) in [6, 6.07) is -0.223. The second-order valence-electron chi connectivity index (χ2n) is 4.84. The number of nitrogens with zero attached hydrogens (tertiary/aromatic N) is 1. The summed E-state index contributed by atoms with van der Waals surface area (Å²) in [7, 11) is 3.87. The smallest absolute Gasteiger partial charge is 0.369 e. The maximum Gasteiger partial charge on any atom is 0.369 e. The minimum absolute atomic E-state index is 0.187. The van der Waals surface area contributed by atoms with Crippen molar-refractivity contribution in [3.05, 3.63) is 0 Å². The lowest BCUT2D eigenvalue weighted by atomic mass is 10.2. The molecule has 0 aliphatic carbocycles. The highest BCUT2D eigenvalue weighted by Crippen LogP contribution is 2.31. The Hall–Kier alpha value is -0.260. The maximum absolute atomic E-state index is 11.7. The third-order valence-electron chi connectivity index (χ3n) is 1.90. The predicted molar refractivity (Wildman–Crippen MR) is 55.3 cm³/mol. The van der Waals surface area contributed by atoms with Crippen LogP contribution in [0.5, 0.6) is 0 Å². The predicted octanol–water partition coefficient (Wildman–Crippen LogP) is 1.37. The molecule has 0 amide bonds. The van der Waals surface area contributed by atoms with Crippen LogP contribution < -0.4 is 0 Å². The van der Waals surface area contributed by atoms with Gasteiger partial charge in [-0.15, -0.1) is 0 Å². The molecule has 0 N–H and O–H groups in total. The van der Waals surface area contributed by atoms with E-state index in [4.69, 9.17) is 8.92 Å². The van der Waals surface area contributed by atoms with Gasteiger partial charge >= 0.3 is 5.97 Å². The van der Waals surface area contributed by atoms with E-state index in [0.717, 1.165) is 0 Å². The van der Waals surface area contributed by atoms with E-state index in [1.165, 1.54) is 12.2 Å². The Bertz CT molecular complexity index is 235. The molecule has 0 aromatic rings. The number of quaternary nitrogens is 1. The van der Waals surface area contributed by atoms with Crippen LogP contribution in [0, 0.1) is 0 Å². The zero-order valence-electron chi connectivity index (χ0n) is 9.36. The Labute approximate surface area is 89.5 Å². The van der Waals surface area contributed by atoms with Gasteiger partial charge in [0.1, 0.15) is 12.2 Å². The van der Waals surface area contributed by atoms with E-state index >= 15 is 0 Å². The van der Waals surface area contributed by atoms with Gasteiger partial charge in [-0.3, -0.25) is 4.18 Å². The Morgan fingerprint density at radius 1 is 1.50 bits per heavy atom. The molecule has 5 heteroatoms. The molecule has 0 bridgehead atoms. The molecule has 1 fully saturated rings. The molecule has 0 aromatic carbocycles. The minimum atomic E-state index is -0.426. The number of hydrogen-bond donors (Lipinski definition) is 0. The molecule has 0 aromatic heterocycles. The topological polar surface area (TPSA) is 35.5 Å². The van der Waals surface area contributed by atoms with Gasteiger partial charge in [-0.1, -0.05) is 0 Å². The van der Waals surface area contributed by atoms with E-state index in [2.05, 4.69) is 0 Å². The van der Waals surface area contributed by atoms with E-state index in [9.17, 15) is 4.79 Å². The molecule has 1 saturated heterocycles. The van der Waals surface area contributed by atoms with Crippen LogP contribution in [0.1, 0.15) is 20.8 Å². The normalized spacial score (nSPS) is 26.2. The van der Waals surface area contributed by atoms with Gasteiger partial charge in [-0.25, -0.2) is 8.68 Å². The average Bonchev–Trinajstić information content (AvgIpc) is 2.25. The lowest BCUT2D eigenvalue weighted by Gasteiger charge is -2.27. The van der Waals surface area contributed by atoms with Crippen LogP contribution in [0.25, 0.3) is 0 Å². The standard InChI is InChI=1S/C9H18NO3S/c1-9(2,3)13-8(11)7-6-12-14-10(7,4)5/h7H,6H2,1-5H3/q+1. The van der Waals surface area contributed by atoms with Crippen molar-refractivity contribution >= 4 is 18.2 Å². The van der Waals surface area contributed by atoms with Gasteiger partial charge in [0.25, 0.3) is 0 Å². The molecule has 1 aliphatic rings. The third kappa shape index (κ3) is 2.87. The number of carbonyl (C=O) groups excluding carboxylic acids is 1. The lowest BCUT2D eigenvalue weighted by Crippen LogP contribution is -2.47. The molecule has 0 saturated carbocycles. The van der Waals surface area contributed by atoms with Crippen LogP contribution >= 0.6 is 12.2 Å². The number of rotatable bonds is 1. The van der Waals surface area contributed by atoms with Crippen LogP contribution in [0.4, 0.5) is 0 Å². The van der Waals surface area contributed by atoms with Crippen molar-refractivity contribution in [1.29, 1.82) is 0 Å². The fourth-order valence-electron chi connectivity index (χ4n) is 1.15. The van der Waals surface area contributed by atoms with Crippen LogP contribution in [0.15, 0.2) is 0 Å². The summed E-state index contributed by atoms with van der Waals surface area (Å²) < 4.78 is 11.0. The first kappa shape index (κ1) is 11.8. The second-order valence-corrected chi connectivity index (χ2v) is 6.17. The van der Waals surface area contributed by atoms with Gasteiger partial charge in [-0.2, -0.15) is 0 Å². The summed E-state index contributed by atoms with van der Waals surface area (Å²) in [4.78, 5) is 11.7.